The average molecular weight is 539 g/mol. The average Bonchev–Trinajstić information content (AvgIpc) is 2.81. The maximum atomic E-state index is 5.72. The van der Waals surface area contributed by atoms with Gasteiger partial charge in [-0.25, -0.2) is 9.97 Å². The lowest BCUT2D eigenvalue weighted by Crippen LogP contribution is -2.47. The van der Waals surface area contributed by atoms with Gasteiger partial charge in [0, 0.05) is 58.2 Å². The highest BCUT2D eigenvalue weighted by Crippen LogP contribution is 2.10. The van der Waals surface area contributed by atoms with E-state index < -0.39 is 0 Å². The molecule has 2 N–H and O–H groups in total. The molecule has 0 amide bonds. The number of anilines is 1. The van der Waals surface area contributed by atoms with E-state index in [-0.39, 0.29) is 24.0 Å². The minimum absolute atomic E-state index is 0. The van der Waals surface area contributed by atoms with E-state index in [1.165, 1.54) is 0 Å². The van der Waals surface area contributed by atoms with E-state index in [2.05, 4.69) is 42.3 Å². The third kappa shape index (κ3) is 9.26. The fourth-order valence-corrected chi connectivity index (χ4v) is 3.31. The van der Waals surface area contributed by atoms with Crippen LogP contribution in [0.5, 0.6) is 5.75 Å². The van der Waals surface area contributed by atoms with Crippen LogP contribution in [0.25, 0.3) is 0 Å². The summed E-state index contributed by atoms with van der Waals surface area (Å²) in [5, 5.41) is 6.63. The van der Waals surface area contributed by atoms with Gasteiger partial charge in [-0.15, -0.1) is 24.0 Å². The molecule has 170 valence electrons. The van der Waals surface area contributed by atoms with Gasteiger partial charge in [-0.1, -0.05) is 18.2 Å². The van der Waals surface area contributed by atoms with Crippen molar-refractivity contribution in [2.45, 2.75) is 13.3 Å². The minimum Gasteiger partial charge on any atom is -0.492 e. The number of hydrogen-bond acceptors (Lipinski definition) is 6. The van der Waals surface area contributed by atoms with E-state index in [1.807, 2.05) is 36.4 Å². The largest absolute Gasteiger partial charge is 0.492 e. The van der Waals surface area contributed by atoms with Crippen molar-refractivity contribution in [3.05, 3.63) is 48.8 Å². The number of halogens is 1. The monoisotopic (exact) mass is 539 g/mol. The van der Waals surface area contributed by atoms with Crippen molar-refractivity contribution in [1.29, 1.82) is 0 Å². The Morgan fingerprint density at radius 1 is 1.03 bits per heavy atom. The van der Waals surface area contributed by atoms with Gasteiger partial charge in [0.05, 0.1) is 6.54 Å². The first-order chi connectivity index (χ1) is 14.8. The van der Waals surface area contributed by atoms with Gasteiger partial charge < -0.3 is 20.3 Å². The Bertz CT molecular complexity index is 740. The molecule has 3 rings (SSSR count). The quantitative estimate of drug-likeness (QED) is 0.208. The molecule has 1 aliphatic rings. The summed E-state index contributed by atoms with van der Waals surface area (Å²) in [4.78, 5) is 18.1. The molecule has 0 aliphatic carbocycles. The Hall–Kier alpha value is -2.14. The Morgan fingerprint density at radius 3 is 2.48 bits per heavy atom. The number of aromatic nitrogens is 2. The second kappa shape index (κ2) is 14.8. The summed E-state index contributed by atoms with van der Waals surface area (Å²) in [5.74, 6) is 2.57. The number of aliphatic imine (C=N–C) groups is 1. The molecule has 31 heavy (non-hydrogen) atoms. The van der Waals surface area contributed by atoms with Crippen molar-refractivity contribution in [1.82, 2.24) is 25.5 Å². The number of para-hydroxylation sites is 1. The molecule has 1 fully saturated rings. The van der Waals surface area contributed by atoms with Crippen LogP contribution in [-0.4, -0.2) is 79.8 Å². The predicted octanol–water partition coefficient (Wildman–Crippen LogP) is 2.24. The second-order valence-corrected chi connectivity index (χ2v) is 7.08. The lowest BCUT2D eigenvalue weighted by molar-refractivity contribution is 0.255. The van der Waals surface area contributed by atoms with Crippen LogP contribution in [-0.2, 0) is 0 Å². The molecule has 9 heteroatoms. The Balaban J connectivity index is 0.00000341. The molecular weight excluding hydrogens is 505 g/mol. The molecule has 0 atom stereocenters. The molecule has 0 unspecified atom stereocenters. The molecule has 8 nitrogen and oxygen atoms in total. The summed E-state index contributed by atoms with van der Waals surface area (Å²) in [6.07, 6.45) is 4.64. The van der Waals surface area contributed by atoms with E-state index in [4.69, 9.17) is 4.74 Å². The Morgan fingerprint density at radius 2 is 1.77 bits per heavy atom. The summed E-state index contributed by atoms with van der Waals surface area (Å²) < 4.78 is 5.72. The van der Waals surface area contributed by atoms with Crippen molar-refractivity contribution in [2.24, 2.45) is 4.99 Å². The fourth-order valence-electron chi connectivity index (χ4n) is 3.31. The number of benzene rings is 1. The van der Waals surface area contributed by atoms with Crippen LogP contribution in [0.15, 0.2) is 53.8 Å². The molecule has 0 spiro atoms. The zero-order chi connectivity index (χ0) is 20.9. The van der Waals surface area contributed by atoms with Gasteiger partial charge in [-0.3, -0.25) is 9.89 Å². The van der Waals surface area contributed by atoms with Crippen LogP contribution in [0.4, 0.5) is 5.95 Å². The smallest absolute Gasteiger partial charge is 0.225 e. The third-order valence-electron chi connectivity index (χ3n) is 4.86. The molecule has 1 aliphatic heterocycles. The summed E-state index contributed by atoms with van der Waals surface area (Å²) in [7, 11) is 0. The normalized spacial score (nSPS) is 14.6. The molecule has 1 aromatic heterocycles. The SMILES string of the molecule is CCNC(=NCCCN1CCN(c2ncccn2)CC1)NCCOc1ccccc1.I. The molecule has 2 aromatic rings. The lowest BCUT2D eigenvalue weighted by atomic mass is 10.3. The zero-order valence-electron chi connectivity index (χ0n) is 18.2. The van der Waals surface area contributed by atoms with E-state index in [9.17, 15) is 0 Å². The van der Waals surface area contributed by atoms with Crippen LogP contribution in [0, 0.1) is 0 Å². The molecular formula is C22H34IN7O. The highest BCUT2D eigenvalue weighted by molar-refractivity contribution is 14.0. The number of hydrogen-bond donors (Lipinski definition) is 2. The maximum Gasteiger partial charge on any atom is 0.225 e. The zero-order valence-corrected chi connectivity index (χ0v) is 20.6. The van der Waals surface area contributed by atoms with E-state index in [1.54, 1.807) is 12.4 Å². The first kappa shape index (κ1) is 25.1. The summed E-state index contributed by atoms with van der Waals surface area (Å²) in [5.41, 5.74) is 0. The third-order valence-corrected chi connectivity index (χ3v) is 4.86. The molecule has 2 heterocycles. The number of rotatable bonds is 10. The van der Waals surface area contributed by atoms with Crippen molar-refractivity contribution in [3.8, 4) is 5.75 Å². The predicted molar refractivity (Wildman–Crippen MR) is 137 cm³/mol. The standard InChI is InChI=1S/C22H33N7O.HI/c1-2-23-21(25-13-19-30-20-8-4-3-5-9-20)24-12-7-14-28-15-17-29(18-16-28)22-26-10-6-11-27-22;/h3-6,8-11H,2,7,12-19H2,1H3,(H2,23,24,25);1H. The number of guanidine groups is 1. The van der Waals surface area contributed by atoms with Crippen LogP contribution >= 0.6 is 24.0 Å². The molecule has 1 saturated heterocycles. The van der Waals surface area contributed by atoms with Crippen LogP contribution in [0.1, 0.15) is 13.3 Å². The van der Waals surface area contributed by atoms with E-state index >= 15 is 0 Å². The molecule has 0 saturated carbocycles. The Labute approximate surface area is 202 Å². The highest BCUT2D eigenvalue weighted by Gasteiger charge is 2.18. The van der Waals surface area contributed by atoms with Crippen LogP contribution in [0.2, 0.25) is 0 Å². The number of nitrogens with one attached hydrogen (secondary N) is 2. The van der Waals surface area contributed by atoms with Crippen molar-refractivity contribution < 1.29 is 4.74 Å². The summed E-state index contributed by atoms with van der Waals surface area (Å²) >= 11 is 0. The van der Waals surface area contributed by atoms with Crippen LogP contribution in [0.3, 0.4) is 0 Å². The van der Waals surface area contributed by atoms with Crippen LogP contribution < -0.4 is 20.3 Å². The lowest BCUT2D eigenvalue weighted by Gasteiger charge is -2.34. The van der Waals surface area contributed by atoms with Gasteiger partial charge >= 0.3 is 0 Å². The summed E-state index contributed by atoms with van der Waals surface area (Å²) in [6.45, 7) is 10.1. The van der Waals surface area contributed by atoms with Crippen molar-refractivity contribution in [2.75, 3.05) is 63.9 Å². The van der Waals surface area contributed by atoms with E-state index in [0.717, 1.165) is 69.9 Å². The topological polar surface area (TPSA) is 77.9 Å². The van der Waals surface area contributed by atoms with Gasteiger partial charge in [0.2, 0.25) is 5.95 Å². The van der Waals surface area contributed by atoms with Gasteiger partial charge in [0.15, 0.2) is 5.96 Å². The maximum absolute atomic E-state index is 5.72. The number of piperazine rings is 1. The molecule has 0 radical (unpaired) electrons. The summed E-state index contributed by atoms with van der Waals surface area (Å²) in [6, 6.07) is 11.7. The van der Waals surface area contributed by atoms with Crippen molar-refractivity contribution >= 4 is 35.9 Å². The number of nitrogens with zero attached hydrogens (tertiary/aromatic N) is 5. The molecule has 1 aromatic carbocycles. The molecule has 0 bridgehead atoms. The van der Waals surface area contributed by atoms with Gasteiger partial charge in [0.25, 0.3) is 0 Å². The van der Waals surface area contributed by atoms with Gasteiger partial charge in [-0.05, 0) is 31.5 Å². The van der Waals surface area contributed by atoms with Gasteiger partial charge in [0.1, 0.15) is 12.4 Å². The first-order valence-corrected chi connectivity index (χ1v) is 10.8. The fraction of sp³-hybridized carbons (Fsp3) is 0.500. The van der Waals surface area contributed by atoms with E-state index in [0.29, 0.717) is 13.2 Å². The second-order valence-electron chi connectivity index (χ2n) is 7.08. The van der Waals surface area contributed by atoms with Crippen molar-refractivity contribution in [3.63, 3.8) is 0 Å². The Kier molecular flexibility index (Phi) is 12.0. The minimum atomic E-state index is 0. The van der Waals surface area contributed by atoms with Gasteiger partial charge in [-0.2, -0.15) is 0 Å². The number of ether oxygens (including phenoxy) is 1. The first-order valence-electron chi connectivity index (χ1n) is 10.8. The highest BCUT2D eigenvalue weighted by atomic mass is 127.